The number of pyridine rings is 1. The highest BCUT2D eigenvalue weighted by Gasteiger charge is 2.35. The molecule has 0 aliphatic heterocycles. The van der Waals surface area contributed by atoms with Crippen molar-refractivity contribution in [1.29, 1.82) is 0 Å². The van der Waals surface area contributed by atoms with Crippen LogP contribution in [0.1, 0.15) is 31.3 Å². The van der Waals surface area contributed by atoms with Crippen LogP contribution >= 0.6 is 0 Å². The molecule has 0 aliphatic carbocycles. The highest BCUT2D eigenvalue weighted by molar-refractivity contribution is 7.93. The maximum atomic E-state index is 13.7. The number of nitrogens with one attached hydrogen (secondary N) is 1. The molecule has 4 aromatic rings. The first kappa shape index (κ1) is 26.9. The predicted molar refractivity (Wildman–Crippen MR) is 141 cm³/mol. The standard InChI is InChI=1S/C25H29N7O5S/c1-6-37-23(19-15-27-16(2)13-28-19)17(3)38(33,34)31-25-30-29-24(18-9-8-12-26-14-18)32(25)22-20(35-4)10-7-11-21(22)36-5/h7-15,17,23H,6H2,1-5H3,(H,30,31). The zero-order valence-electron chi connectivity index (χ0n) is 21.7. The van der Waals surface area contributed by atoms with E-state index in [1.54, 1.807) is 62.8 Å². The normalized spacial score (nSPS) is 13.1. The molecule has 0 bridgehead atoms. The highest BCUT2D eigenvalue weighted by Crippen LogP contribution is 2.38. The summed E-state index contributed by atoms with van der Waals surface area (Å²) in [5.74, 6) is 1.11. The first-order chi connectivity index (χ1) is 18.3. The fourth-order valence-electron chi connectivity index (χ4n) is 3.87. The van der Waals surface area contributed by atoms with Gasteiger partial charge >= 0.3 is 0 Å². The van der Waals surface area contributed by atoms with Gasteiger partial charge in [-0.3, -0.25) is 24.2 Å². The Morgan fingerprint density at radius 3 is 2.32 bits per heavy atom. The number of anilines is 1. The molecule has 0 spiro atoms. The largest absolute Gasteiger partial charge is 0.494 e. The van der Waals surface area contributed by atoms with Gasteiger partial charge in [-0.25, -0.2) is 8.42 Å². The monoisotopic (exact) mass is 539 g/mol. The Balaban J connectivity index is 1.83. The average Bonchev–Trinajstić information content (AvgIpc) is 3.34. The van der Waals surface area contributed by atoms with Gasteiger partial charge in [0.1, 0.15) is 28.5 Å². The molecule has 3 heterocycles. The minimum Gasteiger partial charge on any atom is -0.494 e. The van der Waals surface area contributed by atoms with Gasteiger partial charge in [0.05, 0.1) is 31.8 Å². The Morgan fingerprint density at radius 1 is 1.00 bits per heavy atom. The summed E-state index contributed by atoms with van der Waals surface area (Å²) in [7, 11) is -1.08. The predicted octanol–water partition coefficient (Wildman–Crippen LogP) is 3.35. The summed E-state index contributed by atoms with van der Waals surface area (Å²) in [6, 6.07) is 8.75. The lowest BCUT2D eigenvalue weighted by Gasteiger charge is -2.24. The summed E-state index contributed by atoms with van der Waals surface area (Å²) in [6.07, 6.45) is 5.44. The molecule has 12 nitrogen and oxygen atoms in total. The Kier molecular flexibility index (Phi) is 8.17. The van der Waals surface area contributed by atoms with Crippen molar-refractivity contribution in [2.45, 2.75) is 32.1 Å². The minimum absolute atomic E-state index is 0.0660. The topological polar surface area (TPSA) is 143 Å². The molecular formula is C25H29N7O5S. The van der Waals surface area contributed by atoms with Crippen molar-refractivity contribution in [3.63, 3.8) is 0 Å². The maximum absolute atomic E-state index is 13.7. The molecule has 200 valence electrons. The lowest BCUT2D eigenvalue weighted by molar-refractivity contribution is 0.0588. The lowest BCUT2D eigenvalue weighted by Crippen LogP contribution is -2.33. The first-order valence-electron chi connectivity index (χ1n) is 11.8. The zero-order valence-corrected chi connectivity index (χ0v) is 22.5. The zero-order chi connectivity index (χ0) is 27.3. The van der Waals surface area contributed by atoms with Gasteiger partial charge in [0.25, 0.3) is 0 Å². The number of hydrogen-bond acceptors (Lipinski definition) is 10. The van der Waals surface area contributed by atoms with Crippen LogP contribution in [-0.2, 0) is 14.8 Å². The molecule has 2 atom stereocenters. The van der Waals surface area contributed by atoms with E-state index in [1.807, 2.05) is 0 Å². The van der Waals surface area contributed by atoms with Gasteiger partial charge in [-0.1, -0.05) is 6.07 Å². The van der Waals surface area contributed by atoms with Gasteiger partial charge in [-0.05, 0) is 45.0 Å². The number of benzene rings is 1. The van der Waals surface area contributed by atoms with Crippen LogP contribution in [0.4, 0.5) is 5.95 Å². The van der Waals surface area contributed by atoms with E-state index in [1.165, 1.54) is 31.9 Å². The Morgan fingerprint density at radius 2 is 1.74 bits per heavy atom. The van der Waals surface area contributed by atoms with Crippen molar-refractivity contribution in [1.82, 2.24) is 29.7 Å². The molecule has 0 amide bonds. The number of aryl methyl sites for hydroxylation is 1. The second-order valence-electron chi connectivity index (χ2n) is 8.25. The number of nitrogens with zero attached hydrogens (tertiary/aromatic N) is 6. The quantitative estimate of drug-likeness (QED) is 0.301. The average molecular weight is 540 g/mol. The summed E-state index contributed by atoms with van der Waals surface area (Å²) in [6.45, 7) is 5.40. The summed E-state index contributed by atoms with van der Waals surface area (Å²) in [5, 5.41) is 7.42. The van der Waals surface area contributed by atoms with Crippen molar-refractivity contribution in [2.75, 3.05) is 25.5 Å². The molecule has 0 fully saturated rings. The third kappa shape index (κ3) is 5.43. The van der Waals surface area contributed by atoms with Gasteiger partial charge in [0.2, 0.25) is 16.0 Å². The fourth-order valence-corrected chi connectivity index (χ4v) is 4.99. The first-order valence-corrected chi connectivity index (χ1v) is 13.3. The highest BCUT2D eigenvalue weighted by atomic mass is 32.2. The molecule has 2 unspecified atom stereocenters. The summed E-state index contributed by atoms with van der Waals surface area (Å²) >= 11 is 0. The lowest BCUT2D eigenvalue weighted by atomic mass is 10.2. The third-order valence-corrected chi connectivity index (χ3v) is 7.49. The van der Waals surface area contributed by atoms with Crippen LogP contribution in [0.25, 0.3) is 17.1 Å². The van der Waals surface area contributed by atoms with Gasteiger partial charge in [-0.2, -0.15) is 0 Å². The summed E-state index contributed by atoms with van der Waals surface area (Å²) in [5.41, 5.74) is 2.13. The molecule has 3 aromatic heterocycles. The van der Waals surface area contributed by atoms with E-state index in [-0.39, 0.29) is 12.6 Å². The van der Waals surface area contributed by atoms with Crippen molar-refractivity contribution >= 4 is 16.0 Å². The van der Waals surface area contributed by atoms with Crippen molar-refractivity contribution < 1.29 is 22.6 Å². The molecule has 13 heteroatoms. The van der Waals surface area contributed by atoms with Crippen LogP contribution in [0.2, 0.25) is 0 Å². The number of ether oxygens (including phenoxy) is 3. The fraction of sp³-hybridized carbons (Fsp3) is 0.320. The second-order valence-corrected chi connectivity index (χ2v) is 10.3. The smallest absolute Gasteiger partial charge is 0.243 e. The van der Waals surface area contributed by atoms with Crippen molar-refractivity contribution in [3.8, 4) is 28.6 Å². The van der Waals surface area contributed by atoms with E-state index in [0.717, 1.165) is 0 Å². The number of para-hydroxylation sites is 1. The number of hydrogen-bond donors (Lipinski definition) is 1. The summed E-state index contributed by atoms with van der Waals surface area (Å²) < 4.78 is 48.5. The van der Waals surface area contributed by atoms with E-state index in [0.29, 0.717) is 40.0 Å². The van der Waals surface area contributed by atoms with E-state index in [2.05, 4.69) is 29.9 Å². The number of sulfonamides is 1. The van der Waals surface area contributed by atoms with E-state index >= 15 is 0 Å². The molecule has 38 heavy (non-hydrogen) atoms. The molecule has 1 aromatic carbocycles. The van der Waals surface area contributed by atoms with Gasteiger partial charge in [0, 0.05) is 30.8 Å². The van der Waals surface area contributed by atoms with Crippen LogP contribution in [0.3, 0.4) is 0 Å². The second kappa shape index (κ2) is 11.5. The summed E-state index contributed by atoms with van der Waals surface area (Å²) in [4.78, 5) is 12.7. The van der Waals surface area contributed by atoms with Crippen LogP contribution in [0, 0.1) is 6.92 Å². The third-order valence-electron chi connectivity index (χ3n) is 5.80. The van der Waals surface area contributed by atoms with Crippen molar-refractivity contribution in [2.24, 2.45) is 0 Å². The van der Waals surface area contributed by atoms with Crippen molar-refractivity contribution in [3.05, 3.63) is 66.5 Å². The van der Waals surface area contributed by atoms with E-state index in [9.17, 15) is 8.42 Å². The van der Waals surface area contributed by atoms with Crippen LogP contribution in [0.5, 0.6) is 11.5 Å². The number of methoxy groups -OCH3 is 2. The van der Waals surface area contributed by atoms with Gasteiger partial charge in [0.15, 0.2) is 5.82 Å². The molecule has 0 saturated carbocycles. The minimum atomic E-state index is -4.09. The molecule has 4 rings (SSSR count). The SMILES string of the molecule is CCOC(c1cnc(C)cn1)C(C)S(=O)(=O)Nc1nnc(-c2cccnc2)n1-c1c(OC)cccc1OC. The molecular weight excluding hydrogens is 510 g/mol. The van der Waals surface area contributed by atoms with Crippen LogP contribution < -0.4 is 14.2 Å². The maximum Gasteiger partial charge on any atom is 0.243 e. The van der Waals surface area contributed by atoms with E-state index in [4.69, 9.17) is 14.2 Å². The molecule has 0 aliphatic rings. The Bertz CT molecular complexity index is 1460. The Hall–Kier alpha value is -4.10. The van der Waals surface area contributed by atoms with Gasteiger partial charge in [-0.15, -0.1) is 10.2 Å². The van der Waals surface area contributed by atoms with Gasteiger partial charge < -0.3 is 14.2 Å². The molecule has 0 saturated heterocycles. The molecule has 0 radical (unpaired) electrons. The number of aromatic nitrogens is 6. The Labute approximate surface area is 221 Å². The molecule has 1 N–H and O–H groups in total. The van der Waals surface area contributed by atoms with Crippen LogP contribution in [0.15, 0.2) is 55.1 Å². The number of rotatable bonds is 11. The van der Waals surface area contributed by atoms with Crippen LogP contribution in [-0.4, -0.2) is 64.2 Å². The van der Waals surface area contributed by atoms with E-state index < -0.39 is 21.4 Å².